The molecule has 0 aromatic heterocycles. The van der Waals surface area contributed by atoms with E-state index >= 15 is 0 Å². The van der Waals surface area contributed by atoms with Crippen molar-refractivity contribution in [3.8, 4) is 0 Å². The largest absolute Gasteiger partial charge is 0.481 e. The van der Waals surface area contributed by atoms with Crippen LogP contribution < -0.4 is 10.6 Å². The number of alkyl halides is 1. The van der Waals surface area contributed by atoms with Crippen molar-refractivity contribution in [3.63, 3.8) is 0 Å². The normalized spacial score (nSPS) is 14.3. The fraction of sp³-hybridized carbons (Fsp3) is 0.733. The molecule has 0 aliphatic heterocycles. The van der Waals surface area contributed by atoms with Gasteiger partial charge in [-0.3, -0.25) is 19.2 Å². The number of aliphatic carboxylic acids is 1. The van der Waals surface area contributed by atoms with E-state index in [-0.39, 0.29) is 33.2 Å². The number of hydrogen-bond donors (Lipinski definition) is 3. The first kappa shape index (κ1) is 25.3. The van der Waals surface area contributed by atoms with E-state index in [0.29, 0.717) is 0 Å². The summed E-state index contributed by atoms with van der Waals surface area (Å²) in [7, 11) is 5.24. The van der Waals surface area contributed by atoms with Crippen molar-refractivity contribution in [1.29, 1.82) is 0 Å². The number of carbonyl (C=O) groups excluding carboxylic acids is 3. The summed E-state index contributed by atoms with van der Waals surface area (Å²) in [5, 5.41) is 13.9. The van der Waals surface area contributed by atoms with Crippen molar-refractivity contribution >= 4 is 67.9 Å². The van der Waals surface area contributed by atoms with Crippen molar-refractivity contribution in [3.05, 3.63) is 0 Å². The van der Waals surface area contributed by atoms with Crippen LogP contribution in [0.1, 0.15) is 20.8 Å². The number of rotatable bonds is 11. The fourth-order valence-electron chi connectivity index (χ4n) is 2.06. The first-order valence-electron chi connectivity index (χ1n) is 7.90. The van der Waals surface area contributed by atoms with Crippen LogP contribution in [0.25, 0.3) is 0 Å². The third-order valence-electron chi connectivity index (χ3n) is 3.46. The molecular formula is C15H26IN3O5S2. The topological polar surface area (TPSA) is 116 Å². The second kappa shape index (κ2) is 12.7. The molecule has 26 heavy (non-hydrogen) atoms. The standard InChI is InChI=1S/C15H26IN3O5S2/c1-8(2)12(14(23)17-4)18-15(24)13(9(3)16)19(5)10(20)6-25-26-7-11(21)22/h8-9,12-13H,6-7H2,1-5H3,(H,17,23)(H,18,24)(H,21,22)/t9?,12-,13+/m0/s1. The lowest BCUT2D eigenvalue weighted by atomic mass is 10.0. The van der Waals surface area contributed by atoms with E-state index in [9.17, 15) is 19.2 Å². The number of nitrogens with one attached hydrogen (secondary N) is 2. The van der Waals surface area contributed by atoms with Crippen LogP contribution in [0.2, 0.25) is 0 Å². The second-order valence-corrected chi connectivity index (χ2v) is 10.3. The molecule has 3 amide bonds. The monoisotopic (exact) mass is 519 g/mol. The Hall–Kier alpha value is -0.690. The zero-order chi connectivity index (χ0) is 20.4. The molecule has 0 fully saturated rings. The maximum atomic E-state index is 12.7. The van der Waals surface area contributed by atoms with E-state index in [0.717, 1.165) is 21.6 Å². The number of halogens is 1. The van der Waals surface area contributed by atoms with Crippen LogP contribution in [0, 0.1) is 5.92 Å². The van der Waals surface area contributed by atoms with Crippen molar-refractivity contribution in [2.75, 3.05) is 25.6 Å². The van der Waals surface area contributed by atoms with Crippen molar-refractivity contribution in [2.45, 2.75) is 36.8 Å². The highest BCUT2D eigenvalue weighted by Gasteiger charge is 2.34. The molecule has 0 heterocycles. The lowest BCUT2D eigenvalue weighted by molar-refractivity contribution is -0.138. The molecule has 8 nitrogen and oxygen atoms in total. The molecule has 1 unspecified atom stereocenters. The summed E-state index contributed by atoms with van der Waals surface area (Å²) >= 11 is 2.07. The van der Waals surface area contributed by atoms with Crippen LogP contribution >= 0.6 is 44.2 Å². The molecular weight excluding hydrogens is 493 g/mol. The van der Waals surface area contributed by atoms with Gasteiger partial charge >= 0.3 is 5.97 Å². The number of carboxylic acids is 1. The average Bonchev–Trinajstić information content (AvgIpc) is 2.54. The van der Waals surface area contributed by atoms with Crippen LogP contribution in [0.4, 0.5) is 0 Å². The second-order valence-electron chi connectivity index (χ2n) is 5.89. The smallest absolute Gasteiger partial charge is 0.314 e. The van der Waals surface area contributed by atoms with Gasteiger partial charge in [0.25, 0.3) is 0 Å². The van der Waals surface area contributed by atoms with Gasteiger partial charge in [-0.25, -0.2) is 0 Å². The molecule has 0 saturated carbocycles. The van der Waals surface area contributed by atoms with Crippen LogP contribution in [0.3, 0.4) is 0 Å². The van der Waals surface area contributed by atoms with Gasteiger partial charge in [-0.1, -0.05) is 64.9 Å². The van der Waals surface area contributed by atoms with E-state index in [2.05, 4.69) is 33.2 Å². The van der Waals surface area contributed by atoms with E-state index < -0.39 is 24.0 Å². The Morgan fingerprint density at radius 2 is 1.62 bits per heavy atom. The number of carboxylic acid groups (broad SMARTS) is 1. The Balaban J connectivity index is 4.97. The summed E-state index contributed by atoms with van der Waals surface area (Å²) in [5.74, 6) is -2.06. The summed E-state index contributed by atoms with van der Waals surface area (Å²) < 4.78 is -0.185. The van der Waals surface area contributed by atoms with Gasteiger partial charge in [0.2, 0.25) is 17.7 Å². The van der Waals surface area contributed by atoms with E-state index in [1.807, 2.05) is 20.8 Å². The van der Waals surface area contributed by atoms with Crippen molar-refractivity contribution in [2.24, 2.45) is 5.92 Å². The molecule has 3 atom stereocenters. The Morgan fingerprint density at radius 1 is 1.08 bits per heavy atom. The van der Waals surface area contributed by atoms with Crippen LogP contribution in [-0.2, 0) is 19.2 Å². The molecule has 0 aromatic rings. The SMILES string of the molecule is CNC(=O)[C@@H](NC(=O)[C@@H](C(C)I)N(C)C(=O)CSSCC(=O)O)C(C)C. The van der Waals surface area contributed by atoms with Crippen LogP contribution in [-0.4, -0.2) is 75.3 Å². The van der Waals surface area contributed by atoms with Gasteiger partial charge in [0, 0.05) is 18.0 Å². The average molecular weight is 519 g/mol. The molecule has 0 saturated heterocycles. The zero-order valence-electron chi connectivity index (χ0n) is 15.4. The number of hydrogen-bond acceptors (Lipinski definition) is 6. The van der Waals surface area contributed by atoms with Crippen LogP contribution in [0.5, 0.6) is 0 Å². The molecule has 0 rings (SSSR count). The number of nitrogens with zero attached hydrogens (tertiary/aromatic N) is 1. The van der Waals surface area contributed by atoms with E-state index in [1.54, 1.807) is 0 Å². The van der Waals surface area contributed by atoms with E-state index in [4.69, 9.17) is 5.11 Å². The minimum atomic E-state index is -0.949. The first-order valence-corrected chi connectivity index (χ1v) is 11.6. The van der Waals surface area contributed by atoms with Gasteiger partial charge in [-0.05, 0) is 5.92 Å². The summed E-state index contributed by atoms with van der Waals surface area (Å²) in [6, 6.07) is -1.42. The number of carbonyl (C=O) groups is 4. The molecule has 150 valence electrons. The fourth-order valence-corrected chi connectivity index (χ4v) is 4.55. The first-order chi connectivity index (χ1) is 12.0. The molecule has 0 spiro atoms. The molecule has 0 aromatic carbocycles. The highest BCUT2D eigenvalue weighted by Crippen LogP contribution is 2.22. The predicted molar refractivity (Wildman–Crippen MR) is 113 cm³/mol. The van der Waals surface area contributed by atoms with Crippen molar-refractivity contribution < 1.29 is 24.3 Å². The summed E-state index contributed by atoms with van der Waals surface area (Å²) in [6.07, 6.45) is 0. The zero-order valence-corrected chi connectivity index (χ0v) is 19.2. The van der Waals surface area contributed by atoms with Crippen LogP contribution in [0.15, 0.2) is 0 Å². The predicted octanol–water partition coefficient (Wildman–Crippen LogP) is 0.990. The van der Waals surface area contributed by atoms with Crippen molar-refractivity contribution in [1.82, 2.24) is 15.5 Å². The Kier molecular flexibility index (Phi) is 12.3. The number of amides is 3. The van der Waals surface area contributed by atoms with Gasteiger partial charge in [-0.15, -0.1) is 0 Å². The lowest BCUT2D eigenvalue weighted by Crippen LogP contribution is -2.57. The maximum absolute atomic E-state index is 12.7. The molecule has 0 radical (unpaired) electrons. The Labute approximate surface area is 175 Å². The third-order valence-corrected chi connectivity index (χ3v) is 6.24. The third kappa shape index (κ3) is 8.80. The van der Waals surface area contributed by atoms with Gasteiger partial charge in [0.05, 0.1) is 5.75 Å². The van der Waals surface area contributed by atoms with Gasteiger partial charge in [0.1, 0.15) is 17.8 Å². The summed E-state index contributed by atoms with van der Waals surface area (Å²) in [5.41, 5.74) is 0. The van der Waals surface area contributed by atoms with Gasteiger partial charge in [-0.2, -0.15) is 0 Å². The Morgan fingerprint density at radius 3 is 2.04 bits per heavy atom. The maximum Gasteiger partial charge on any atom is 0.314 e. The number of likely N-dealkylation sites (N-methyl/N-ethyl adjacent to an activating group) is 2. The molecule has 3 N–H and O–H groups in total. The molecule has 0 bridgehead atoms. The highest BCUT2D eigenvalue weighted by molar-refractivity contribution is 14.1. The molecule has 0 aliphatic rings. The summed E-state index contributed by atoms with van der Waals surface area (Å²) in [6.45, 7) is 5.47. The van der Waals surface area contributed by atoms with E-state index in [1.165, 1.54) is 19.0 Å². The van der Waals surface area contributed by atoms with Gasteiger partial charge in [0.15, 0.2) is 0 Å². The minimum Gasteiger partial charge on any atom is -0.481 e. The molecule has 11 heteroatoms. The minimum absolute atomic E-state index is 0.0602. The highest BCUT2D eigenvalue weighted by atomic mass is 127. The quantitative estimate of drug-likeness (QED) is 0.161. The molecule has 0 aliphatic carbocycles. The Bertz CT molecular complexity index is 520. The lowest BCUT2D eigenvalue weighted by Gasteiger charge is -2.31. The van der Waals surface area contributed by atoms with Gasteiger partial charge < -0.3 is 20.6 Å². The summed E-state index contributed by atoms with van der Waals surface area (Å²) in [4.78, 5) is 48.8.